The number of thiophene rings is 1. The van der Waals surface area contributed by atoms with Gasteiger partial charge in [-0.3, -0.25) is 14.2 Å². The Kier molecular flexibility index (Phi) is 10.6. The average Bonchev–Trinajstić information content (AvgIpc) is 3.90. The molecular formula is C36H36N6O5S2. The first-order valence-corrected chi connectivity index (χ1v) is 17.5. The summed E-state index contributed by atoms with van der Waals surface area (Å²) in [5, 5.41) is 20.7. The number of nitrogens with zero attached hydrogens (tertiary/aromatic N) is 5. The zero-order chi connectivity index (χ0) is 34.3. The predicted octanol–water partition coefficient (Wildman–Crippen LogP) is 6.13. The number of aryl methyl sites for hydroxylation is 2. The van der Waals surface area contributed by atoms with Crippen LogP contribution in [0.25, 0.3) is 5.69 Å². The number of rotatable bonds is 13. The monoisotopic (exact) mass is 696 g/mol. The summed E-state index contributed by atoms with van der Waals surface area (Å²) < 4.78 is 18.8. The fourth-order valence-electron chi connectivity index (χ4n) is 5.55. The van der Waals surface area contributed by atoms with Crippen molar-refractivity contribution in [1.29, 1.82) is 0 Å². The molecule has 49 heavy (non-hydrogen) atoms. The third-order valence-electron chi connectivity index (χ3n) is 7.95. The normalized spacial score (nSPS) is 14.0. The molecule has 252 valence electrons. The molecule has 3 heterocycles. The maximum Gasteiger partial charge on any atom is 0.258 e. The van der Waals surface area contributed by atoms with Crippen LogP contribution in [0.5, 0.6) is 17.2 Å². The van der Waals surface area contributed by atoms with Crippen LogP contribution in [0.15, 0.2) is 94.5 Å². The minimum atomic E-state index is -0.393. The van der Waals surface area contributed by atoms with Crippen LogP contribution >= 0.6 is 23.1 Å². The molecule has 13 heteroatoms. The first-order valence-electron chi connectivity index (χ1n) is 15.6. The quantitative estimate of drug-likeness (QED) is 0.146. The highest BCUT2D eigenvalue weighted by molar-refractivity contribution is 7.99. The van der Waals surface area contributed by atoms with E-state index in [-0.39, 0.29) is 30.7 Å². The lowest BCUT2D eigenvalue weighted by atomic mass is 9.99. The Balaban J connectivity index is 1.24. The minimum absolute atomic E-state index is 0.0459. The lowest BCUT2D eigenvalue weighted by Crippen LogP contribution is -2.30. The third-order valence-corrected chi connectivity index (χ3v) is 9.78. The molecule has 1 unspecified atom stereocenters. The van der Waals surface area contributed by atoms with Gasteiger partial charge in [-0.05, 0) is 60.7 Å². The van der Waals surface area contributed by atoms with E-state index in [1.807, 2.05) is 90.5 Å². The van der Waals surface area contributed by atoms with Crippen LogP contribution in [0.4, 0.5) is 0 Å². The van der Waals surface area contributed by atoms with Crippen LogP contribution in [0.2, 0.25) is 0 Å². The van der Waals surface area contributed by atoms with Gasteiger partial charge in [0, 0.05) is 12.0 Å². The highest BCUT2D eigenvalue weighted by Crippen LogP contribution is 2.42. The molecule has 0 radical (unpaired) electrons. The molecule has 2 aromatic heterocycles. The fraction of sp³-hybridized carbons (Fsp3) is 0.250. The van der Waals surface area contributed by atoms with Crippen LogP contribution in [0.1, 0.15) is 39.9 Å². The van der Waals surface area contributed by atoms with Crippen LogP contribution < -0.4 is 19.5 Å². The van der Waals surface area contributed by atoms with Crippen molar-refractivity contribution in [2.45, 2.75) is 38.0 Å². The Morgan fingerprint density at radius 2 is 1.82 bits per heavy atom. The van der Waals surface area contributed by atoms with Gasteiger partial charge in [-0.1, -0.05) is 60.3 Å². The van der Waals surface area contributed by atoms with Gasteiger partial charge < -0.3 is 19.5 Å². The molecule has 1 aliphatic rings. The molecule has 1 aliphatic heterocycles. The number of methoxy groups -OCH3 is 2. The number of nitrogens with one attached hydrogen (secondary N) is 1. The highest BCUT2D eigenvalue weighted by Gasteiger charge is 2.36. The van der Waals surface area contributed by atoms with Crippen molar-refractivity contribution in [1.82, 2.24) is 25.1 Å². The SMILES string of the molecule is COc1cccc(C2CC(c3cccs3)=NN2C(=O)CSc2nnc(CNC(=O)COc3ccccc3)n2-c2cc(C)ccc2C)c1OC. The molecule has 11 nitrogen and oxygen atoms in total. The molecule has 0 saturated carbocycles. The van der Waals surface area contributed by atoms with Gasteiger partial charge in [0.05, 0.1) is 48.8 Å². The Labute approximate surface area is 292 Å². The van der Waals surface area contributed by atoms with Crippen LogP contribution in [-0.2, 0) is 16.1 Å². The molecular weight excluding hydrogens is 661 g/mol. The molecule has 0 saturated heterocycles. The summed E-state index contributed by atoms with van der Waals surface area (Å²) in [5.41, 5.74) is 4.55. The molecule has 1 atom stereocenters. The minimum Gasteiger partial charge on any atom is -0.493 e. The molecule has 3 aromatic carbocycles. The summed E-state index contributed by atoms with van der Waals surface area (Å²) in [4.78, 5) is 27.8. The second-order valence-corrected chi connectivity index (χ2v) is 13.1. The number of carbonyl (C=O) groups excluding carboxylic acids is 2. The maximum absolute atomic E-state index is 14.1. The number of para-hydroxylation sites is 2. The summed E-state index contributed by atoms with van der Waals surface area (Å²) >= 11 is 2.85. The van der Waals surface area contributed by atoms with Gasteiger partial charge in [0.1, 0.15) is 5.75 Å². The van der Waals surface area contributed by atoms with Gasteiger partial charge in [-0.25, -0.2) is 5.01 Å². The number of carbonyl (C=O) groups is 2. The van der Waals surface area contributed by atoms with E-state index in [9.17, 15) is 9.59 Å². The molecule has 1 N–H and O–H groups in total. The van der Waals surface area contributed by atoms with Gasteiger partial charge in [0.25, 0.3) is 11.8 Å². The number of aromatic nitrogens is 3. The van der Waals surface area contributed by atoms with Crippen LogP contribution in [0, 0.1) is 13.8 Å². The average molecular weight is 697 g/mol. The van der Waals surface area contributed by atoms with E-state index in [1.165, 1.54) is 11.8 Å². The summed E-state index contributed by atoms with van der Waals surface area (Å²) in [6, 6.07) is 24.5. The first-order chi connectivity index (χ1) is 23.9. The summed E-state index contributed by atoms with van der Waals surface area (Å²) in [7, 11) is 3.18. The molecule has 0 fully saturated rings. The van der Waals surface area contributed by atoms with E-state index >= 15 is 0 Å². The number of amides is 2. The van der Waals surface area contributed by atoms with E-state index in [0.29, 0.717) is 34.7 Å². The third kappa shape index (κ3) is 7.63. The van der Waals surface area contributed by atoms with E-state index < -0.39 is 6.04 Å². The topological polar surface area (TPSA) is 120 Å². The molecule has 0 bridgehead atoms. The van der Waals surface area contributed by atoms with Crippen molar-refractivity contribution in [3.63, 3.8) is 0 Å². The van der Waals surface area contributed by atoms with Crippen molar-refractivity contribution in [2.24, 2.45) is 5.10 Å². The lowest BCUT2D eigenvalue weighted by molar-refractivity contribution is -0.130. The Morgan fingerprint density at radius 3 is 2.57 bits per heavy atom. The van der Waals surface area contributed by atoms with Crippen LogP contribution in [0.3, 0.4) is 0 Å². The number of hydrazone groups is 1. The van der Waals surface area contributed by atoms with Crippen LogP contribution in [-0.4, -0.2) is 63.9 Å². The fourth-order valence-corrected chi connectivity index (χ4v) is 7.08. The van der Waals surface area contributed by atoms with Gasteiger partial charge in [0.15, 0.2) is 29.1 Å². The largest absolute Gasteiger partial charge is 0.493 e. The number of benzene rings is 3. The predicted molar refractivity (Wildman–Crippen MR) is 190 cm³/mol. The summed E-state index contributed by atoms with van der Waals surface area (Å²) in [6.45, 7) is 3.99. The Hall–Kier alpha value is -5.14. The number of hydrogen-bond acceptors (Lipinski definition) is 10. The second-order valence-electron chi connectivity index (χ2n) is 11.3. The van der Waals surface area contributed by atoms with Gasteiger partial charge in [0.2, 0.25) is 0 Å². The second kappa shape index (κ2) is 15.4. The first kappa shape index (κ1) is 33.7. The smallest absolute Gasteiger partial charge is 0.258 e. The van der Waals surface area contributed by atoms with Gasteiger partial charge >= 0.3 is 0 Å². The summed E-state index contributed by atoms with van der Waals surface area (Å²) in [6.07, 6.45) is 0.525. The standard InChI is InChI=1S/C36H36N6O5S2/c1-23-15-16-24(2)28(18-23)41-32(20-37-33(43)21-47-25-10-6-5-7-11-25)38-39-36(41)49-22-34(44)42-29(19-27(40-42)31-14-9-17-48-31)26-12-8-13-30(45-3)35(26)46-4/h5-18,29H,19-22H2,1-4H3,(H,37,43). The van der Waals surface area contributed by atoms with Crippen molar-refractivity contribution in [3.8, 4) is 22.9 Å². The zero-order valence-electron chi connectivity index (χ0n) is 27.6. The van der Waals surface area contributed by atoms with Crippen molar-refractivity contribution >= 4 is 40.6 Å². The molecule has 5 aromatic rings. The van der Waals surface area contributed by atoms with Crippen molar-refractivity contribution in [3.05, 3.63) is 112 Å². The van der Waals surface area contributed by atoms with E-state index in [2.05, 4.69) is 15.5 Å². The van der Waals surface area contributed by atoms with E-state index in [0.717, 1.165) is 33.0 Å². The van der Waals surface area contributed by atoms with E-state index in [4.69, 9.17) is 19.3 Å². The Morgan fingerprint density at radius 1 is 0.980 bits per heavy atom. The van der Waals surface area contributed by atoms with Gasteiger partial charge in [-0.2, -0.15) is 5.10 Å². The molecule has 6 rings (SSSR count). The zero-order valence-corrected chi connectivity index (χ0v) is 29.2. The number of ether oxygens (including phenoxy) is 3. The molecule has 0 aliphatic carbocycles. The molecule has 2 amide bonds. The van der Waals surface area contributed by atoms with E-state index in [1.54, 1.807) is 42.7 Å². The van der Waals surface area contributed by atoms with Gasteiger partial charge in [-0.15, -0.1) is 21.5 Å². The highest BCUT2D eigenvalue weighted by atomic mass is 32.2. The maximum atomic E-state index is 14.1. The number of thioether (sulfide) groups is 1. The summed E-state index contributed by atoms with van der Waals surface area (Å²) in [5.74, 6) is 1.83. The number of hydrogen-bond donors (Lipinski definition) is 1. The molecule has 0 spiro atoms. The Bertz CT molecular complexity index is 1960. The lowest BCUT2D eigenvalue weighted by Gasteiger charge is -2.24. The van der Waals surface area contributed by atoms with Crippen molar-refractivity contribution < 1.29 is 23.8 Å². The van der Waals surface area contributed by atoms with Crippen molar-refractivity contribution in [2.75, 3.05) is 26.6 Å².